The van der Waals surface area contributed by atoms with E-state index in [2.05, 4.69) is 15.2 Å². The van der Waals surface area contributed by atoms with E-state index in [0.29, 0.717) is 0 Å². The third-order valence-corrected chi connectivity index (χ3v) is 2.93. The average molecular weight is 235 g/mol. The van der Waals surface area contributed by atoms with Crippen LogP contribution in [0.5, 0.6) is 0 Å². The smallest absolute Gasteiger partial charge is 0.187 e. The van der Waals surface area contributed by atoms with E-state index in [1.807, 2.05) is 63.8 Å². The highest BCUT2D eigenvalue weighted by atomic mass is 15.3. The van der Waals surface area contributed by atoms with Gasteiger partial charge >= 0.3 is 0 Å². The van der Waals surface area contributed by atoms with Crippen LogP contribution in [0.1, 0.15) is 0 Å². The summed E-state index contributed by atoms with van der Waals surface area (Å²) >= 11 is 0. The Labute approximate surface area is 102 Å². The van der Waals surface area contributed by atoms with Crippen molar-refractivity contribution >= 4 is 11.3 Å². The highest BCUT2D eigenvalue weighted by molar-refractivity contribution is 5.58. The number of fused-ring (bicyclic) bond motifs is 2. The fourth-order valence-corrected chi connectivity index (χ4v) is 2.06. The third kappa shape index (κ3) is 1.24. The molecule has 18 heavy (non-hydrogen) atoms. The van der Waals surface area contributed by atoms with Crippen molar-refractivity contribution in [2.45, 2.75) is 0 Å². The highest BCUT2D eigenvalue weighted by Gasteiger charge is 2.09. The summed E-state index contributed by atoms with van der Waals surface area (Å²) in [7, 11) is 0. The van der Waals surface area contributed by atoms with Gasteiger partial charge in [0.1, 0.15) is 11.3 Å². The standard InChI is InChI=1S/C13H9N5/c1-2-8-18-12(4-1)15-16-13(18)10-6-9-17-7-3-5-11(17)14-10/h1-9H. The van der Waals surface area contributed by atoms with E-state index >= 15 is 0 Å². The van der Waals surface area contributed by atoms with Crippen molar-refractivity contribution in [3.8, 4) is 11.5 Å². The van der Waals surface area contributed by atoms with Crippen molar-refractivity contribution in [1.29, 1.82) is 0 Å². The van der Waals surface area contributed by atoms with Gasteiger partial charge in [-0.15, -0.1) is 10.2 Å². The molecule has 0 aliphatic heterocycles. The van der Waals surface area contributed by atoms with Crippen molar-refractivity contribution in [1.82, 2.24) is 24.0 Å². The summed E-state index contributed by atoms with van der Waals surface area (Å²) in [5, 5.41) is 8.33. The first-order chi connectivity index (χ1) is 8.92. The molecule has 0 saturated heterocycles. The topological polar surface area (TPSA) is 47.5 Å². The summed E-state index contributed by atoms with van der Waals surface area (Å²) in [6, 6.07) is 11.7. The minimum absolute atomic E-state index is 0.759. The molecule has 0 saturated carbocycles. The minimum atomic E-state index is 0.759. The molecule has 0 aromatic carbocycles. The summed E-state index contributed by atoms with van der Waals surface area (Å²) < 4.78 is 3.90. The molecule has 0 aliphatic rings. The van der Waals surface area contributed by atoms with E-state index < -0.39 is 0 Å². The van der Waals surface area contributed by atoms with Crippen molar-refractivity contribution in [2.24, 2.45) is 0 Å². The van der Waals surface area contributed by atoms with E-state index in [4.69, 9.17) is 0 Å². The molecule has 4 rings (SSSR count). The maximum atomic E-state index is 4.57. The Morgan fingerprint density at radius 1 is 0.778 bits per heavy atom. The number of nitrogens with zero attached hydrogens (tertiary/aromatic N) is 5. The Morgan fingerprint density at radius 2 is 1.72 bits per heavy atom. The quantitative estimate of drug-likeness (QED) is 0.507. The van der Waals surface area contributed by atoms with Gasteiger partial charge in [-0.3, -0.25) is 4.40 Å². The molecule has 0 atom stereocenters. The van der Waals surface area contributed by atoms with Crippen LogP contribution in [0.2, 0.25) is 0 Å². The Morgan fingerprint density at radius 3 is 2.72 bits per heavy atom. The monoisotopic (exact) mass is 235 g/mol. The summed E-state index contributed by atoms with van der Waals surface area (Å²) in [5.74, 6) is 0.759. The molecule has 5 nitrogen and oxygen atoms in total. The first-order valence-electron chi connectivity index (χ1n) is 5.66. The average Bonchev–Trinajstić information content (AvgIpc) is 3.04. The maximum Gasteiger partial charge on any atom is 0.187 e. The Bertz CT molecular complexity index is 842. The fourth-order valence-electron chi connectivity index (χ4n) is 2.06. The molecule has 4 aromatic rings. The summed E-state index contributed by atoms with van der Waals surface area (Å²) in [4.78, 5) is 4.57. The maximum absolute atomic E-state index is 4.57. The van der Waals surface area contributed by atoms with Gasteiger partial charge in [0, 0.05) is 18.6 Å². The van der Waals surface area contributed by atoms with Crippen LogP contribution in [0.4, 0.5) is 0 Å². The number of aromatic nitrogens is 5. The molecule has 0 fully saturated rings. The van der Waals surface area contributed by atoms with Crippen LogP contribution in [0.3, 0.4) is 0 Å². The van der Waals surface area contributed by atoms with Gasteiger partial charge in [-0.25, -0.2) is 4.98 Å². The zero-order valence-corrected chi connectivity index (χ0v) is 9.43. The zero-order chi connectivity index (χ0) is 11.9. The van der Waals surface area contributed by atoms with Crippen LogP contribution < -0.4 is 0 Å². The third-order valence-electron chi connectivity index (χ3n) is 2.93. The molecule has 86 valence electrons. The Kier molecular flexibility index (Phi) is 1.77. The lowest BCUT2D eigenvalue weighted by molar-refractivity contribution is 1.07. The second-order valence-corrected chi connectivity index (χ2v) is 4.04. The number of pyridine rings is 1. The molecule has 0 unspecified atom stereocenters. The van der Waals surface area contributed by atoms with Crippen molar-refractivity contribution < 1.29 is 0 Å². The van der Waals surface area contributed by atoms with Crippen LogP contribution in [0.15, 0.2) is 55.0 Å². The molecular weight excluding hydrogens is 226 g/mol. The predicted molar refractivity (Wildman–Crippen MR) is 67.2 cm³/mol. The second-order valence-electron chi connectivity index (χ2n) is 4.04. The van der Waals surface area contributed by atoms with Gasteiger partial charge in [0.15, 0.2) is 11.5 Å². The summed E-state index contributed by atoms with van der Waals surface area (Å²) in [6.45, 7) is 0. The van der Waals surface area contributed by atoms with Gasteiger partial charge in [-0.05, 0) is 30.3 Å². The van der Waals surface area contributed by atoms with Gasteiger partial charge < -0.3 is 4.40 Å². The van der Waals surface area contributed by atoms with E-state index in [9.17, 15) is 0 Å². The second kappa shape index (κ2) is 3.40. The van der Waals surface area contributed by atoms with Gasteiger partial charge in [0.05, 0.1) is 0 Å². The first kappa shape index (κ1) is 9.35. The normalized spacial score (nSPS) is 11.3. The van der Waals surface area contributed by atoms with Crippen LogP contribution in [0, 0.1) is 0 Å². The summed E-state index contributed by atoms with van der Waals surface area (Å²) in [6.07, 6.45) is 5.88. The number of hydrogen-bond donors (Lipinski definition) is 0. The van der Waals surface area contributed by atoms with E-state index in [1.165, 1.54) is 0 Å². The lowest BCUT2D eigenvalue weighted by atomic mass is 10.3. The van der Waals surface area contributed by atoms with Crippen LogP contribution >= 0.6 is 0 Å². The molecule has 5 heteroatoms. The molecule has 4 heterocycles. The molecule has 0 N–H and O–H groups in total. The van der Waals surface area contributed by atoms with Gasteiger partial charge in [-0.1, -0.05) is 6.07 Å². The van der Waals surface area contributed by atoms with Crippen molar-refractivity contribution in [3.05, 3.63) is 55.0 Å². The largest absolute Gasteiger partial charge is 0.309 e. The molecule has 4 aromatic heterocycles. The van der Waals surface area contributed by atoms with Crippen LogP contribution in [0.25, 0.3) is 22.8 Å². The van der Waals surface area contributed by atoms with E-state index in [-0.39, 0.29) is 0 Å². The molecule has 0 spiro atoms. The van der Waals surface area contributed by atoms with Crippen LogP contribution in [-0.4, -0.2) is 24.0 Å². The van der Waals surface area contributed by atoms with Gasteiger partial charge in [-0.2, -0.15) is 0 Å². The highest BCUT2D eigenvalue weighted by Crippen LogP contribution is 2.16. The summed E-state index contributed by atoms with van der Waals surface area (Å²) in [5.41, 5.74) is 2.55. The van der Waals surface area contributed by atoms with Gasteiger partial charge in [0.25, 0.3) is 0 Å². The minimum Gasteiger partial charge on any atom is -0.309 e. The van der Waals surface area contributed by atoms with Gasteiger partial charge in [0.2, 0.25) is 0 Å². The van der Waals surface area contributed by atoms with Crippen molar-refractivity contribution in [2.75, 3.05) is 0 Å². The van der Waals surface area contributed by atoms with Crippen molar-refractivity contribution in [3.63, 3.8) is 0 Å². The molecular formula is C13H9N5. The predicted octanol–water partition coefficient (Wildman–Crippen LogP) is 2.04. The van der Waals surface area contributed by atoms with E-state index in [0.717, 1.165) is 22.8 Å². The number of rotatable bonds is 1. The van der Waals surface area contributed by atoms with Crippen LogP contribution in [-0.2, 0) is 0 Å². The Balaban J connectivity index is 2.00. The Hall–Kier alpha value is -2.69. The lowest BCUT2D eigenvalue weighted by Crippen LogP contribution is -1.93. The molecule has 0 amide bonds. The molecule has 0 aliphatic carbocycles. The molecule has 0 radical (unpaired) electrons. The van der Waals surface area contributed by atoms with E-state index in [1.54, 1.807) is 0 Å². The zero-order valence-electron chi connectivity index (χ0n) is 9.43. The SMILES string of the molecule is c1ccn2c(-c3ccn4cccc4n3)nnc2c1. The molecule has 0 bridgehead atoms. The first-order valence-corrected chi connectivity index (χ1v) is 5.66. The number of hydrogen-bond acceptors (Lipinski definition) is 3. The lowest BCUT2D eigenvalue weighted by Gasteiger charge is -2.00. The fraction of sp³-hybridized carbons (Fsp3) is 0.